The van der Waals surface area contributed by atoms with E-state index in [9.17, 15) is 13.5 Å². The molecule has 7 heteroatoms. The molecule has 0 bridgehead atoms. The second-order valence-corrected chi connectivity index (χ2v) is 7.08. The standard InChI is InChI=1S/C13H22N2O4S/c1-10(2)15-8-13(6-11(15)9-16)20(17,18)14-7-12-4-3-5-19-12/h6,8,10,12,14,16H,3-5,7,9H2,1-2H3. The first-order valence-corrected chi connectivity index (χ1v) is 8.35. The third kappa shape index (κ3) is 3.41. The van der Waals surface area contributed by atoms with Gasteiger partial charge < -0.3 is 14.4 Å². The van der Waals surface area contributed by atoms with Crippen molar-refractivity contribution in [2.45, 2.75) is 50.3 Å². The number of nitrogens with zero attached hydrogens (tertiary/aromatic N) is 1. The van der Waals surface area contributed by atoms with Gasteiger partial charge in [0.25, 0.3) is 0 Å². The van der Waals surface area contributed by atoms with Crippen molar-refractivity contribution in [1.82, 2.24) is 9.29 Å². The van der Waals surface area contributed by atoms with Gasteiger partial charge in [0.2, 0.25) is 10.0 Å². The number of ether oxygens (including phenoxy) is 1. The molecule has 6 nitrogen and oxygen atoms in total. The summed E-state index contributed by atoms with van der Waals surface area (Å²) in [6.45, 7) is 4.69. The quantitative estimate of drug-likeness (QED) is 0.822. The number of nitrogens with one attached hydrogen (secondary N) is 1. The van der Waals surface area contributed by atoms with Crippen LogP contribution >= 0.6 is 0 Å². The fourth-order valence-electron chi connectivity index (χ4n) is 2.34. The summed E-state index contributed by atoms with van der Waals surface area (Å²) in [5, 5.41) is 9.29. The van der Waals surface area contributed by atoms with Gasteiger partial charge in [-0.1, -0.05) is 0 Å². The lowest BCUT2D eigenvalue weighted by Gasteiger charge is -2.11. The van der Waals surface area contributed by atoms with E-state index in [0.717, 1.165) is 12.8 Å². The van der Waals surface area contributed by atoms with E-state index < -0.39 is 10.0 Å². The molecule has 0 amide bonds. The lowest BCUT2D eigenvalue weighted by molar-refractivity contribution is 0.114. The molecule has 1 unspecified atom stereocenters. The molecule has 0 spiro atoms. The first-order valence-electron chi connectivity index (χ1n) is 6.87. The second kappa shape index (κ2) is 6.26. The molecule has 1 saturated heterocycles. The van der Waals surface area contributed by atoms with E-state index in [1.165, 1.54) is 6.07 Å². The van der Waals surface area contributed by atoms with Crippen molar-refractivity contribution in [2.24, 2.45) is 0 Å². The van der Waals surface area contributed by atoms with Crippen LogP contribution in [0.5, 0.6) is 0 Å². The average Bonchev–Trinajstić information content (AvgIpc) is 3.05. The van der Waals surface area contributed by atoms with E-state index in [0.29, 0.717) is 18.8 Å². The molecular formula is C13H22N2O4S. The summed E-state index contributed by atoms with van der Waals surface area (Å²) in [7, 11) is -3.55. The summed E-state index contributed by atoms with van der Waals surface area (Å²) in [5.74, 6) is 0. The minimum atomic E-state index is -3.55. The van der Waals surface area contributed by atoms with E-state index in [1.807, 2.05) is 13.8 Å². The van der Waals surface area contributed by atoms with E-state index in [4.69, 9.17) is 4.74 Å². The van der Waals surface area contributed by atoms with Crippen LogP contribution in [0.2, 0.25) is 0 Å². The molecule has 20 heavy (non-hydrogen) atoms. The Balaban J connectivity index is 2.12. The average molecular weight is 302 g/mol. The summed E-state index contributed by atoms with van der Waals surface area (Å²) < 4.78 is 34.2. The Morgan fingerprint density at radius 1 is 1.55 bits per heavy atom. The number of aliphatic hydroxyl groups is 1. The molecule has 1 aromatic heterocycles. The Labute approximate surface area is 119 Å². The Morgan fingerprint density at radius 2 is 2.30 bits per heavy atom. The van der Waals surface area contributed by atoms with E-state index >= 15 is 0 Å². The van der Waals surface area contributed by atoms with Gasteiger partial charge in [-0.05, 0) is 32.8 Å². The maximum atomic E-state index is 12.2. The molecule has 1 aromatic rings. The monoisotopic (exact) mass is 302 g/mol. The van der Waals surface area contributed by atoms with Crippen LogP contribution in [-0.4, -0.2) is 37.3 Å². The molecule has 1 aliphatic rings. The number of aromatic nitrogens is 1. The third-order valence-corrected chi connectivity index (χ3v) is 4.85. The van der Waals surface area contributed by atoms with Crippen molar-refractivity contribution < 1.29 is 18.3 Å². The van der Waals surface area contributed by atoms with Crippen molar-refractivity contribution in [3.8, 4) is 0 Å². The van der Waals surface area contributed by atoms with Gasteiger partial charge in [0.1, 0.15) is 0 Å². The first kappa shape index (κ1) is 15.5. The third-order valence-electron chi connectivity index (χ3n) is 3.46. The highest BCUT2D eigenvalue weighted by molar-refractivity contribution is 7.89. The highest BCUT2D eigenvalue weighted by Gasteiger charge is 2.22. The van der Waals surface area contributed by atoms with Crippen molar-refractivity contribution in [2.75, 3.05) is 13.2 Å². The summed E-state index contributed by atoms with van der Waals surface area (Å²) >= 11 is 0. The van der Waals surface area contributed by atoms with E-state index in [2.05, 4.69) is 4.72 Å². The number of sulfonamides is 1. The van der Waals surface area contributed by atoms with Crippen LogP contribution < -0.4 is 4.72 Å². The molecule has 2 rings (SSSR count). The maximum Gasteiger partial charge on any atom is 0.242 e. The Hall–Kier alpha value is -0.890. The van der Waals surface area contributed by atoms with Crippen molar-refractivity contribution in [3.05, 3.63) is 18.0 Å². The van der Waals surface area contributed by atoms with Gasteiger partial charge in [-0.15, -0.1) is 0 Å². The molecule has 0 radical (unpaired) electrons. The predicted octanol–water partition coefficient (Wildman–Crippen LogP) is 1.02. The number of hydrogen-bond donors (Lipinski definition) is 2. The normalized spacial score (nSPS) is 19.9. The van der Waals surface area contributed by atoms with Gasteiger partial charge in [0, 0.05) is 31.1 Å². The molecule has 1 fully saturated rings. The molecule has 1 atom stereocenters. The topological polar surface area (TPSA) is 80.6 Å². The molecule has 2 N–H and O–H groups in total. The van der Waals surface area contributed by atoms with Crippen LogP contribution in [0.1, 0.15) is 38.4 Å². The number of hydrogen-bond acceptors (Lipinski definition) is 4. The SMILES string of the molecule is CC(C)n1cc(S(=O)(=O)NCC2CCCO2)cc1CO. The van der Waals surface area contributed by atoms with Crippen LogP contribution in [0.4, 0.5) is 0 Å². The fraction of sp³-hybridized carbons (Fsp3) is 0.692. The van der Waals surface area contributed by atoms with Crippen LogP contribution in [0.15, 0.2) is 17.2 Å². The van der Waals surface area contributed by atoms with Gasteiger partial charge >= 0.3 is 0 Å². The molecular weight excluding hydrogens is 280 g/mol. The van der Waals surface area contributed by atoms with Crippen LogP contribution in [0.25, 0.3) is 0 Å². The van der Waals surface area contributed by atoms with Crippen molar-refractivity contribution in [1.29, 1.82) is 0 Å². The van der Waals surface area contributed by atoms with Gasteiger partial charge in [-0.2, -0.15) is 0 Å². The zero-order valence-electron chi connectivity index (χ0n) is 11.9. The number of aliphatic hydroxyl groups excluding tert-OH is 1. The summed E-state index contributed by atoms with van der Waals surface area (Å²) in [6, 6.07) is 1.61. The Bertz CT molecular complexity index is 545. The lowest BCUT2D eigenvalue weighted by atomic mass is 10.2. The Kier molecular flexibility index (Phi) is 4.85. The van der Waals surface area contributed by atoms with Gasteiger partial charge in [0.15, 0.2) is 0 Å². The molecule has 0 saturated carbocycles. The fourth-order valence-corrected chi connectivity index (χ4v) is 3.46. The highest BCUT2D eigenvalue weighted by atomic mass is 32.2. The first-order chi connectivity index (χ1) is 9.44. The molecule has 1 aliphatic heterocycles. The second-order valence-electron chi connectivity index (χ2n) is 5.31. The van der Waals surface area contributed by atoms with Gasteiger partial charge in [0.05, 0.1) is 17.6 Å². The predicted molar refractivity (Wildman–Crippen MR) is 74.9 cm³/mol. The van der Waals surface area contributed by atoms with Crippen LogP contribution in [-0.2, 0) is 21.4 Å². The van der Waals surface area contributed by atoms with Crippen LogP contribution in [0, 0.1) is 0 Å². The molecule has 0 aliphatic carbocycles. The minimum Gasteiger partial charge on any atom is -0.390 e. The summed E-state index contributed by atoms with van der Waals surface area (Å²) in [6.07, 6.45) is 3.39. The zero-order chi connectivity index (χ0) is 14.8. The summed E-state index contributed by atoms with van der Waals surface area (Å²) in [4.78, 5) is 0.188. The zero-order valence-corrected chi connectivity index (χ0v) is 12.7. The van der Waals surface area contributed by atoms with E-state index in [-0.39, 0.29) is 23.6 Å². The largest absolute Gasteiger partial charge is 0.390 e. The van der Waals surface area contributed by atoms with Crippen molar-refractivity contribution in [3.63, 3.8) is 0 Å². The molecule has 2 heterocycles. The summed E-state index contributed by atoms with van der Waals surface area (Å²) in [5.41, 5.74) is 0.595. The smallest absolute Gasteiger partial charge is 0.242 e. The molecule has 114 valence electrons. The van der Waals surface area contributed by atoms with Crippen LogP contribution in [0.3, 0.4) is 0 Å². The van der Waals surface area contributed by atoms with Gasteiger partial charge in [-0.3, -0.25) is 0 Å². The Morgan fingerprint density at radius 3 is 2.80 bits per heavy atom. The van der Waals surface area contributed by atoms with Crippen molar-refractivity contribution >= 4 is 10.0 Å². The minimum absolute atomic E-state index is 0.0331. The van der Waals surface area contributed by atoms with E-state index in [1.54, 1.807) is 10.8 Å². The lowest BCUT2D eigenvalue weighted by Crippen LogP contribution is -2.31. The van der Waals surface area contributed by atoms with Gasteiger partial charge in [-0.25, -0.2) is 13.1 Å². The number of rotatable bonds is 6. The highest BCUT2D eigenvalue weighted by Crippen LogP contribution is 2.19. The molecule has 0 aromatic carbocycles. The maximum absolute atomic E-state index is 12.2.